The van der Waals surface area contributed by atoms with Gasteiger partial charge in [-0.2, -0.15) is 0 Å². The summed E-state index contributed by atoms with van der Waals surface area (Å²) in [5.74, 6) is -0.273. The fourth-order valence-corrected chi connectivity index (χ4v) is 4.04. The maximum Gasteiger partial charge on any atom is 0.275 e. The number of nitrogens with one attached hydrogen (secondary N) is 3. The molecule has 11 nitrogen and oxygen atoms in total. The number of nitrogens with two attached hydrogens (primary N) is 1. The zero-order chi connectivity index (χ0) is 22.6. The van der Waals surface area contributed by atoms with Gasteiger partial charge in [-0.15, -0.1) is 0 Å². The number of carbonyl (C=O) groups excluding carboxylic acids is 1. The van der Waals surface area contributed by atoms with E-state index in [1.165, 1.54) is 22.8 Å². The van der Waals surface area contributed by atoms with Gasteiger partial charge in [0.05, 0.1) is 11.4 Å². The van der Waals surface area contributed by atoms with E-state index in [0.717, 1.165) is 5.56 Å². The molecule has 0 spiro atoms. The van der Waals surface area contributed by atoms with E-state index in [4.69, 9.17) is 10.6 Å². The molecule has 1 aliphatic heterocycles. The first kappa shape index (κ1) is 22.3. The van der Waals surface area contributed by atoms with Gasteiger partial charge in [-0.3, -0.25) is 19.1 Å². The molecule has 1 amide bonds. The molecule has 0 radical (unpaired) electrons. The van der Waals surface area contributed by atoms with Crippen molar-refractivity contribution in [2.24, 2.45) is 10.7 Å². The molecule has 31 heavy (non-hydrogen) atoms. The first-order chi connectivity index (χ1) is 14.7. The number of guanidine groups is 1. The van der Waals surface area contributed by atoms with Crippen LogP contribution in [0.5, 0.6) is 0 Å². The Hall–Kier alpha value is -3.38. The van der Waals surface area contributed by atoms with Gasteiger partial charge in [0.15, 0.2) is 0 Å². The number of anilines is 1. The zero-order valence-electron chi connectivity index (χ0n) is 17.1. The Kier molecular flexibility index (Phi) is 6.61. The SMILES string of the molecule is Cc1cccc(S(=O)(=O)Nc2ccc(C)n(CC(=O)NCC3CN=C(N)NO3)c2=O)c1. The predicted molar refractivity (Wildman–Crippen MR) is 115 cm³/mol. The number of benzene rings is 1. The highest BCUT2D eigenvalue weighted by Crippen LogP contribution is 2.15. The quantitative estimate of drug-likeness (QED) is 0.449. The van der Waals surface area contributed by atoms with Crippen LogP contribution >= 0.6 is 0 Å². The summed E-state index contributed by atoms with van der Waals surface area (Å²) < 4.78 is 28.8. The van der Waals surface area contributed by atoms with Crippen molar-refractivity contribution in [3.8, 4) is 0 Å². The Bertz CT molecular complexity index is 1170. The van der Waals surface area contributed by atoms with Gasteiger partial charge in [-0.1, -0.05) is 12.1 Å². The fourth-order valence-electron chi connectivity index (χ4n) is 2.88. The molecule has 1 aromatic heterocycles. The maximum atomic E-state index is 12.8. The number of carbonyl (C=O) groups is 1. The molecule has 2 heterocycles. The largest absolute Gasteiger partial charge is 0.368 e. The number of hydrogen-bond donors (Lipinski definition) is 4. The number of aryl methyl sites for hydroxylation is 2. The van der Waals surface area contributed by atoms with E-state index in [1.54, 1.807) is 32.0 Å². The van der Waals surface area contributed by atoms with Gasteiger partial charge in [-0.25, -0.2) is 18.9 Å². The summed E-state index contributed by atoms with van der Waals surface area (Å²) >= 11 is 0. The van der Waals surface area contributed by atoms with E-state index in [9.17, 15) is 18.0 Å². The molecule has 0 fully saturated rings. The van der Waals surface area contributed by atoms with Crippen LogP contribution in [0.3, 0.4) is 0 Å². The molecule has 3 rings (SSSR count). The molecule has 1 aliphatic rings. The average molecular weight is 449 g/mol. The molecule has 1 aromatic carbocycles. The van der Waals surface area contributed by atoms with Gasteiger partial charge >= 0.3 is 0 Å². The number of hydrogen-bond acceptors (Lipinski definition) is 8. The van der Waals surface area contributed by atoms with Crippen molar-refractivity contribution in [1.82, 2.24) is 15.4 Å². The topological polar surface area (TPSA) is 157 Å². The summed E-state index contributed by atoms with van der Waals surface area (Å²) in [6.45, 7) is 3.59. The molecule has 2 aromatic rings. The number of rotatable bonds is 7. The van der Waals surface area contributed by atoms with Crippen LogP contribution in [0, 0.1) is 13.8 Å². The van der Waals surface area contributed by atoms with Crippen molar-refractivity contribution in [3.63, 3.8) is 0 Å². The Morgan fingerprint density at radius 2 is 2.10 bits per heavy atom. The minimum Gasteiger partial charge on any atom is -0.368 e. The second-order valence-corrected chi connectivity index (χ2v) is 8.76. The standard InChI is InChI=1S/C19H24N6O5S/c1-12-4-3-5-15(8-12)31(28,29)24-16-7-6-13(2)25(18(16)27)11-17(26)21-9-14-10-22-19(20)23-30-14/h3-8,14,24H,9-11H2,1-2H3,(H,21,26)(H3,20,22,23). The Morgan fingerprint density at radius 1 is 1.32 bits per heavy atom. The van der Waals surface area contributed by atoms with Crippen LogP contribution in [0.4, 0.5) is 5.69 Å². The summed E-state index contributed by atoms with van der Waals surface area (Å²) in [5.41, 5.74) is 8.36. The van der Waals surface area contributed by atoms with Gasteiger partial charge in [0.25, 0.3) is 15.6 Å². The first-order valence-corrected chi connectivity index (χ1v) is 10.9. The second-order valence-electron chi connectivity index (χ2n) is 7.07. The minimum atomic E-state index is -3.96. The second kappa shape index (κ2) is 9.18. The van der Waals surface area contributed by atoms with Gasteiger partial charge in [0, 0.05) is 12.2 Å². The van der Waals surface area contributed by atoms with Crippen LogP contribution in [0.2, 0.25) is 0 Å². The third-order valence-corrected chi connectivity index (χ3v) is 5.92. The molecule has 1 atom stereocenters. The number of pyridine rings is 1. The Morgan fingerprint density at radius 3 is 2.77 bits per heavy atom. The number of aliphatic imine (C=N–C) groups is 1. The third-order valence-electron chi connectivity index (χ3n) is 4.56. The Balaban J connectivity index is 1.72. The molecule has 0 bridgehead atoms. The molecule has 0 saturated heterocycles. The van der Waals surface area contributed by atoms with Crippen LogP contribution in [-0.4, -0.2) is 44.0 Å². The molecule has 166 valence electrons. The van der Waals surface area contributed by atoms with Crippen LogP contribution < -0.4 is 26.8 Å². The van der Waals surface area contributed by atoms with Crippen LogP contribution in [0.25, 0.3) is 0 Å². The lowest BCUT2D eigenvalue weighted by molar-refractivity contribution is -0.122. The highest BCUT2D eigenvalue weighted by molar-refractivity contribution is 7.92. The smallest absolute Gasteiger partial charge is 0.275 e. The van der Waals surface area contributed by atoms with Gasteiger partial charge < -0.3 is 15.6 Å². The van der Waals surface area contributed by atoms with E-state index in [1.807, 2.05) is 0 Å². The van der Waals surface area contributed by atoms with Gasteiger partial charge in [0.1, 0.15) is 18.3 Å². The fraction of sp³-hybridized carbons (Fsp3) is 0.316. The van der Waals surface area contributed by atoms with E-state index in [2.05, 4.69) is 20.5 Å². The summed E-state index contributed by atoms with van der Waals surface area (Å²) in [6.07, 6.45) is -0.401. The number of nitrogens with zero attached hydrogens (tertiary/aromatic N) is 2. The maximum absolute atomic E-state index is 12.8. The van der Waals surface area contributed by atoms with Gasteiger partial charge in [-0.05, 0) is 43.7 Å². The first-order valence-electron chi connectivity index (χ1n) is 9.44. The zero-order valence-corrected chi connectivity index (χ0v) is 17.9. The van der Waals surface area contributed by atoms with Crippen molar-refractivity contribution in [3.05, 3.63) is 58.0 Å². The van der Waals surface area contributed by atoms with Crippen molar-refractivity contribution < 1.29 is 18.0 Å². The number of amides is 1. The van der Waals surface area contributed by atoms with Crippen molar-refractivity contribution in [1.29, 1.82) is 0 Å². The third kappa shape index (κ3) is 5.61. The number of sulfonamides is 1. The lowest BCUT2D eigenvalue weighted by atomic mass is 10.2. The Labute approximate surface area is 179 Å². The molecule has 12 heteroatoms. The number of hydroxylamine groups is 1. The normalized spacial score (nSPS) is 16.2. The van der Waals surface area contributed by atoms with E-state index in [-0.39, 0.29) is 36.2 Å². The van der Waals surface area contributed by atoms with E-state index in [0.29, 0.717) is 5.69 Å². The van der Waals surface area contributed by atoms with Crippen molar-refractivity contribution >= 4 is 27.6 Å². The number of aromatic nitrogens is 1. The average Bonchev–Trinajstić information content (AvgIpc) is 2.73. The summed E-state index contributed by atoms with van der Waals surface area (Å²) in [4.78, 5) is 34.4. The molecule has 0 aliphatic carbocycles. The predicted octanol–water partition coefficient (Wildman–Crippen LogP) is -0.400. The van der Waals surface area contributed by atoms with E-state index >= 15 is 0 Å². The monoisotopic (exact) mass is 448 g/mol. The molecule has 5 N–H and O–H groups in total. The van der Waals surface area contributed by atoms with Crippen molar-refractivity contribution in [2.45, 2.75) is 31.4 Å². The summed E-state index contributed by atoms with van der Waals surface area (Å²) in [7, 11) is -3.96. The van der Waals surface area contributed by atoms with Crippen molar-refractivity contribution in [2.75, 3.05) is 17.8 Å². The molecule has 0 saturated carbocycles. The lowest BCUT2D eigenvalue weighted by Crippen LogP contribution is -2.46. The van der Waals surface area contributed by atoms with E-state index < -0.39 is 27.6 Å². The molecular formula is C19H24N6O5S. The summed E-state index contributed by atoms with van der Waals surface area (Å²) in [6, 6.07) is 9.27. The highest BCUT2D eigenvalue weighted by Gasteiger charge is 2.19. The summed E-state index contributed by atoms with van der Waals surface area (Å²) in [5, 5.41) is 2.66. The molecule has 1 unspecified atom stereocenters. The van der Waals surface area contributed by atoms with Crippen LogP contribution in [0.1, 0.15) is 11.3 Å². The van der Waals surface area contributed by atoms with Crippen LogP contribution in [-0.2, 0) is 26.2 Å². The van der Waals surface area contributed by atoms with Gasteiger partial charge in [0.2, 0.25) is 11.9 Å². The molecular weight excluding hydrogens is 424 g/mol. The highest BCUT2D eigenvalue weighted by atomic mass is 32.2. The lowest BCUT2D eigenvalue weighted by Gasteiger charge is -2.21. The minimum absolute atomic E-state index is 0.0427. The van der Waals surface area contributed by atoms with Crippen LogP contribution in [0.15, 0.2) is 51.1 Å².